The van der Waals surface area contributed by atoms with E-state index in [2.05, 4.69) is 5.32 Å². The van der Waals surface area contributed by atoms with E-state index in [0.29, 0.717) is 6.54 Å². The number of sulfonamides is 1. The fourth-order valence-corrected chi connectivity index (χ4v) is 4.15. The molecule has 142 valence electrons. The molecule has 2 N–H and O–H groups in total. The minimum Gasteiger partial charge on any atom is -0.345 e. The summed E-state index contributed by atoms with van der Waals surface area (Å²) in [5.74, 6) is -1.55. The number of ketones is 1. The van der Waals surface area contributed by atoms with Crippen LogP contribution in [-0.4, -0.2) is 57.6 Å². The molecule has 1 aliphatic rings. The van der Waals surface area contributed by atoms with Crippen molar-refractivity contribution in [3.63, 3.8) is 0 Å². The second-order valence-electron chi connectivity index (χ2n) is 6.32. The van der Waals surface area contributed by atoms with Crippen molar-refractivity contribution in [3.05, 3.63) is 28.8 Å². The van der Waals surface area contributed by atoms with Gasteiger partial charge < -0.3 is 10.2 Å². The van der Waals surface area contributed by atoms with E-state index in [1.54, 1.807) is 0 Å². The van der Waals surface area contributed by atoms with Gasteiger partial charge in [-0.15, -0.1) is 0 Å². The van der Waals surface area contributed by atoms with Gasteiger partial charge in [-0.1, -0.05) is 11.6 Å². The zero-order valence-electron chi connectivity index (χ0n) is 14.6. The SMILES string of the molecule is CC(=O)C1CNC(C(=O)NS(=O)(=O)c2cc(C(=O)N(C)C)ccc2Cl)C1. The Morgan fingerprint density at radius 3 is 2.46 bits per heavy atom. The third kappa shape index (κ3) is 4.40. The first-order valence-corrected chi connectivity index (χ1v) is 9.70. The summed E-state index contributed by atoms with van der Waals surface area (Å²) in [7, 11) is -1.21. The Labute approximate surface area is 156 Å². The summed E-state index contributed by atoms with van der Waals surface area (Å²) in [6.07, 6.45) is 0.226. The molecule has 0 spiro atoms. The topological polar surface area (TPSA) is 113 Å². The highest BCUT2D eigenvalue weighted by Gasteiger charge is 2.34. The number of nitrogens with one attached hydrogen (secondary N) is 2. The highest BCUT2D eigenvalue weighted by Crippen LogP contribution is 2.24. The average Bonchev–Trinajstić information content (AvgIpc) is 3.04. The van der Waals surface area contributed by atoms with E-state index in [1.165, 1.54) is 38.1 Å². The van der Waals surface area contributed by atoms with Crippen molar-refractivity contribution in [2.24, 2.45) is 5.92 Å². The van der Waals surface area contributed by atoms with Gasteiger partial charge in [0.05, 0.1) is 11.1 Å². The molecule has 2 amide bonds. The van der Waals surface area contributed by atoms with Gasteiger partial charge in [-0.25, -0.2) is 13.1 Å². The lowest BCUT2D eigenvalue weighted by Crippen LogP contribution is -2.43. The fraction of sp³-hybridized carbons (Fsp3) is 0.438. The first-order chi connectivity index (χ1) is 12.0. The molecule has 1 aromatic rings. The second-order valence-corrected chi connectivity index (χ2v) is 8.38. The summed E-state index contributed by atoms with van der Waals surface area (Å²) in [4.78, 5) is 36.6. The third-order valence-electron chi connectivity index (χ3n) is 4.13. The molecule has 2 unspecified atom stereocenters. The maximum atomic E-state index is 12.5. The molecule has 1 fully saturated rings. The van der Waals surface area contributed by atoms with Gasteiger partial charge in [0.15, 0.2) is 0 Å². The molecule has 1 aromatic carbocycles. The summed E-state index contributed by atoms with van der Waals surface area (Å²) in [6, 6.07) is 3.03. The molecule has 0 saturated carbocycles. The van der Waals surface area contributed by atoms with E-state index in [0.717, 1.165) is 6.07 Å². The monoisotopic (exact) mass is 401 g/mol. The Balaban J connectivity index is 2.22. The standard InChI is InChI=1S/C16H20ClN3O5S/c1-9(21)11-6-13(18-8-11)15(22)19-26(24,25)14-7-10(4-5-12(14)17)16(23)20(2)3/h4-5,7,11,13,18H,6,8H2,1-3H3,(H,19,22). The number of nitrogens with zero attached hydrogens (tertiary/aromatic N) is 1. The Morgan fingerprint density at radius 1 is 1.27 bits per heavy atom. The van der Waals surface area contributed by atoms with Crippen LogP contribution in [0.15, 0.2) is 23.1 Å². The summed E-state index contributed by atoms with van der Waals surface area (Å²) in [6.45, 7) is 1.75. The maximum absolute atomic E-state index is 12.5. The van der Waals surface area contributed by atoms with E-state index in [9.17, 15) is 22.8 Å². The fourth-order valence-electron chi connectivity index (χ4n) is 2.60. The number of halogens is 1. The lowest BCUT2D eigenvalue weighted by atomic mass is 10.0. The largest absolute Gasteiger partial charge is 0.345 e. The average molecular weight is 402 g/mol. The quantitative estimate of drug-likeness (QED) is 0.739. The molecule has 1 saturated heterocycles. The van der Waals surface area contributed by atoms with Gasteiger partial charge in [-0.05, 0) is 31.5 Å². The predicted octanol–water partition coefficient (Wildman–Crippen LogP) is 0.414. The molecule has 0 bridgehead atoms. The highest BCUT2D eigenvalue weighted by atomic mass is 35.5. The Kier molecular flexibility index (Phi) is 6.05. The smallest absolute Gasteiger partial charge is 0.265 e. The number of carbonyl (C=O) groups is 3. The first kappa shape index (κ1) is 20.3. The molecular weight excluding hydrogens is 382 g/mol. The second kappa shape index (κ2) is 7.73. The van der Waals surface area contributed by atoms with Gasteiger partial charge in [0, 0.05) is 32.1 Å². The van der Waals surface area contributed by atoms with Crippen molar-refractivity contribution < 1.29 is 22.8 Å². The van der Waals surface area contributed by atoms with Gasteiger partial charge >= 0.3 is 0 Å². The maximum Gasteiger partial charge on any atom is 0.265 e. The van der Waals surface area contributed by atoms with Gasteiger partial charge in [0.2, 0.25) is 0 Å². The lowest BCUT2D eigenvalue weighted by molar-refractivity contribution is -0.121. The zero-order valence-corrected chi connectivity index (χ0v) is 16.1. The van der Waals surface area contributed by atoms with Gasteiger partial charge in [-0.2, -0.15) is 0 Å². The molecular formula is C16H20ClN3O5S. The van der Waals surface area contributed by atoms with Crippen molar-refractivity contribution in [1.82, 2.24) is 14.9 Å². The summed E-state index contributed by atoms with van der Waals surface area (Å²) in [5, 5.41) is 2.72. The Hall–Kier alpha value is -1.97. The van der Waals surface area contributed by atoms with E-state index in [1.807, 2.05) is 4.72 Å². The zero-order chi connectivity index (χ0) is 19.6. The molecule has 0 aliphatic carbocycles. The number of benzene rings is 1. The van der Waals surface area contributed by atoms with Gasteiger partial charge in [0.25, 0.3) is 21.8 Å². The summed E-state index contributed by atoms with van der Waals surface area (Å²) in [5.41, 5.74) is 0.128. The molecule has 26 heavy (non-hydrogen) atoms. The molecule has 10 heteroatoms. The molecule has 0 radical (unpaired) electrons. The first-order valence-electron chi connectivity index (χ1n) is 7.84. The van der Waals surface area contributed by atoms with Gasteiger partial charge in [-0.3, -0.25) is 14.4 Å². The molecule has 2 rings (SSSR count). The number of hydrogen-bond acceptors (Lipinski definition) is 6. The van der Waals surface area contributed by atoms with Crippen molar-refractivity contribution in [2.45, 2.75) is 24.3 Å². The minimum absolute atomic E-state index is 0.0615. The van der Waals surface area contributed by atoms with Crippen LogP contribution in [-0.2, 0) is 19.6 Å². The summed E-state index contributed by atoms with van der Waals surface area (Å²) < 4.78 is 27.0. The summed E-state index contributed by atoms with van der Waals surface area (Å²) >= 11 is 5.96. The highest BCUT2D eigenvalue weighted by molar-refractivity contribution is 7.90. The van der Waals surface area contributed by atoms with Crippen LogP contribution in [0.1, 0.15) is 23.7 Å². The number of carbonyl (C=O) groups excluding carboxylic acids is 3. The molecule has 1 heterocycles. The molecule has 2 atom stereocenters. The van der Waals surface area contributed by atoms with Crippen molar-refractivity contribution in [1.29, 1.82) is 0 Å². The number of rotatable bonds is 5. The van der Waals surface area contributed by atoms with E-state index in [4.69, 9.17) is 11.6 Å². The minimum atomic E-state index is -4.27. The van der Waals surface area contributed by atoms with Crippen LogP contribution in [0.2, 0.25) is 5.02 Å². The molecule has 8 nitrogen and oxygen atoms in total. The molecule has 1 aliphatic heterocycles. The van der Waals surface area contributed by atoms with E-state index < -0.39 is 27.9 Å². The van der Waals surface area contributed by atoms with Crippen LogP contribution in [0.5, 0.6) is 0 Å². The Bertz CT molecular complexity index is 853. The van der Waals surface area contributed by atoms with E-state index >= 15 is 0 Å². The normalized spacial score (nSPS) is 19.8. The van der Waals surface area contributed by atoms with Crippen molar-refractivity contribution in [2.75, 3.05) is 20.6 Å². The van der Waals surface area contributed by atoms with Crippen LogP contribution in [0.25, 0.3) is 0 Å². The number of amides is 2. The third-order valence-corrected chi connectivity index (χ3v) is 5.96. The molecule has 0 aromatic heterocycles. The number of Topliss-reactive ketones (excluding diaryl/α,β-unsaturated/α-hetero) is 1. The van der Waals surface area contributed by atoms with Crippen LogP contribution in [0, 0.1) is 5.92 Å². The van der Waals surface area contributed by atoms with Crippen LogP contribution < -0.4 is 10.0 Å². The van der Waals surface area contributed by atoms with Crippen LogP contribution in [0.3, 0.4) is 0 Å². The number of hydrogen-bond donors (Lipinski definition) is 2. The van der Waals surface area contributed by atoms with Crippen molar-refractivity contribution >= 4 is 39.2 Å². The lowest BCUT2D eigenvalue weighted by Gasteiger charge is -2.14. The van der Waals surface area contributed by atoms with Crippen LogP contribution in [0.4, 0.5) is 0 Å². The van der Waals surface area contributed by atoms with E-state index in [-0.39, 0.29) is 33.6 Å². The van der Waals surface area contributed by atoms with Gasteiger partial charge in [0.1, 0.15) is 10.7 Å². The van der Waals surface area contributed by atoms with Crippen molar-refractivity contribution in [3.8, 4) is 0 Å². The Morgan fingerprint density at radius 2 is 1.92 bits per heavy atom. The van der Waals surface area contributed by atoms with Crippen LogP contribution >= 0.6 is 11.6 Å². The predicted molar refractivity (Wildman–Crippen MR) is 95.4 cm³/mol.